The van der Waals surface area contributed by atoms with Crippen LogP contribution in [0.2, 0.25) is 0 Å². The van der Waals surface area contributed by atoms with Gasteiger partial charge < -0.3 is 15.8 Å². The molecule has 0 spiro atoms. The maximum atomic E-state index is 12.8. The summed E-state index contributed by atoms with van der Waals surface area (Å²) in [6.45, 7) is 5.74. The second-order valence-corrected chi connectivity index (χ2v) is 7.20. The van der Waals surface area contributed by atoms with Crippen LogP contribution in [0.25, 0.3) is 16.5 Å². The van der Waals surface area contributed by atoms with E-state index >= 15 is 0 Å². The normalized spacial score (nSPS) is 11.5. The van der Waals surface area contributed by atoms with Gasteiger partial charge >= 0.3 is 6.03 Å². The maximum absolute atomic E-state index is 12.8. The van der Waals surface area contributed by atoms with E-state index in [1.165, 1.54) is 0 Å². The van der Waals surface area contributed by atoms with Crippen LogP contribution in [0.1, 0.15) is 6.92 Å². The number of fused-ring (bicyclic) bond motifs is 1. The Balaban J connectivity index is 1.57. The molecule has 0 aliphatic carbocycles. The minimum absolute atomic E-state index is 0.371. The number of nitrogen functional groups attached to an aromatic ring is 1. The minimum Gasteiger partial charge on any atom is -0.457 e. The number of pyridine rings is 1. The van der Waals surface area contributed by atoms with Crippen molar-refractivity contribution in [3.63, 3.8) is 0 Å². The molecule has 0 saturated carbocycles. The molecule has 2 amide bonds. The van der Waals surface area contributed by atoms with E-state index in [9.17, 15) is 4.79 Å². The number of carbonyl (C=O) groups excluding carboxylic acids is 1. The number of nitrogens with two attached hydrogens (primary N) is 1. The highest BCUT2D eigenvalue weighted by Gasteiger charge is 2.13. The molecule has 0 radical (unpaired) electrons. The van der Waals surface area contributed by atoms with Crippen molar-refractivity contribution in [2.45, 2.75) is 6.92 Å². The number of benzene rings is 2. The molecule has 0 atom stereocenters. The molecule has 2 heterocycles. The van der Waals surface area contributed by atoms with Gasteiger partial charge in [-0.05, 0) is 37.3 Å². The molecule has 34 heavy (non-hydrogen) atoms. The molecule has 0 bridgehead atoms. The van der Waals surface area contributed by atoms with Gasteiger partial charge in [-0.1, -0.05) is 43.0 Å². The quantitative estimate of drug-likeness (QED) is 0.296. The van der Waals surface area contributed by atoms with Crippen LogP contribution in [0.4, 0.5) is 22.1 Å². The molecule has 0 aliphatic rings. The monoisotopic (exact) mass is 452 g/mol. The Kier molecular flexibility index (Phi) is 6.69. The van der Waals surface area contributed by atoms with E-state index in [1.807, 2.05) is 49.4 Å². The summed E-state index contributed by atoms with van der Waals surface area (Å²) in [5, 5.41) is 11.7. The molecule has 4 aromatic rings. The molecule has 8 heteroatoms. The van der Waals surface area contributed by atoms with E-state index in [2.05, 4.69) is 27.3 Å². The number of rotatable bonds is 7. The summed E-state index contributed by atoms with van der Waals surface area (Å²) in [5.41, 5.74) is 7.12. The molecule has 4 rings (SSSR count). The van der Waals surface area contributed by atoms with Crippen LogP contribution in [-0.4, -0.2) is 20.8 Å². The number of carbonyl (C=O) groups is 1. The number of nitrogens with zero attached hydrogens (tertiary/aromatic N) is 3. The van der Waals surface area contributed by atoms with Gasteiger partial charge in [-0.3, -0.25) is 5.32 Å². The first kappa shape index (κ1) is 22.3. The first-order chi connectivity index (χ1) is 16.6. The molecule has 170 valence electrons. The third-order valence-corrected chi connectivity index (χ3v) is 4.91. The number of hydrogen-bond acceptors (Lipinski definition) is 5. The third kappa shape index (κ3) is 4.97. The Morgan fingerprint density at radius 2 is 1.91 bits per heavy atom. The highest BCUT2D eigenvalue weighted by atomic mass is 16.5. The lowest BCUT2D eigenvalue weighted by atomic mass is 10.1. The Bertz CT molecular complexity index is 1400. The second kappa shape index (κ2) is 10.2. The summed E-state index contributed by atoms with van der Waals surface area (Å²) in [6.07, 6.45) is 10.5. The number of amides is 2. The summed E-state index contributed by atoms with van der Waals surface area (Å²) >= 11 is 0. The Morgan fingerprint density at radius 3 is 2.68 bits per heavy atom. The lowest BCUT2D eigenvalue weighted by Crippen LogP contribution is -2.21. The fourth-order valence-electron chi connectivity index (χ4n) is 3.38. The number of anilines is 3. The number of urea groups is 1. The largest absolute Gasteiger partial charge is 0.457 e. The standard InChI is InChI=1S/C26H24N6O2/c1-3-5-8-18(4-2)32-25(14-16-29-32)31-26(33)30-22-11-12-23(21-10-7-6-9-20(21)22)34-19-13-15-28-24(27)17-19/h3-17H,2H2,1H3,(H2,27,28)(H2,30,31,33)/b5-3-,18-8+. The summed E-state index contributed by atoms with van der Waals surface area (Å²) in [7, 11) is 0. The molecular weight excluding hydrogens is 428 g/mol. The predicted octanol–water partition coefficient (Wildman–Crippen LogP) is 6.05. The van der Waals surface area contributed by atoms with E-state index < -0.39 is 6.03 Å². The molecule has 0 unspecified atom stereocenters. The first-order valence-electron chi connectivity index (χ1n) is 10.6. The van der Waals surface area contributed by atoms with Gasteiger partial charge in [0.25, 0.3) is 0 Å². The second-order valence-electron chi connectivity index (χ2n) is 7.20. The van der Waals surface area contributed by atoms with Gasteiger partial charge in [0.2, 0.25) is 0 Å². The average Bonchev–Trinajstić information content (AvgIpc) is 3.29. The SMILES string of the molecule is C=C/C(=C\C=C/C)n1nccc1NC(=O)Nc1ccc(Oc2ccnc(N)c2)c2ccccc12. The molecule has 0 saturated heterocycles. The van der Waals surface area contributed by atoms with Gasteiger partial charge in [-0.15, -0.1) is 0 Å². The Morgan fingerprint density at radius 1 is 1.09 bits per heavy atom. The van der Waals surface area contributed by atoms with Crippen molar-refractivity contribution in [3.05, 3.63) is 97.9 Å². The highest BCUT2D eigenvalue weighted by molar-refractivity contribution is 6.07. The van der Waals surface area contributed by atoms with Crippen LogP contribution in [-0.2, 0) is 0 Å². The highest BCUT2D eigenvalue weighted by Crippen LogP contribution is 2.34. The van der Waals surface area contributed by atoms with Crippen LogP contribution in [0, 0.1) is 0 Å². The van der Waals surface area contributed by atoms with Crippen LogP contribution in [0.5, 0.6) is 11.5 Å². The number of hydrogen-bond donors (Lipinski definition) is 3. The first-order valence-corrected chi connectivity index (χ1v) is 10.6. The molecule has 2 aromatic carbocycles. The van der Waals surface area contributed by atoms with Crippen LogP contribution >= 0.6 is 0 Å². The van der Waals surface area contributed by atoms with Crippen molar-refractivity contribution in [2.75, 3.05) is 16.4 Å². The molecular formula is C26H24N6O2. The fraction of sp³-hybridized carbons (Fsp3) is 0.0385. The van der Waals surface area contributed by atoms with Crippen molar-refractivity contribution in [1.29, 1.82) is 0 Å². The zero-order valence-corrected chi connectivity index (χ0v) is 18.6. The topological polar surface area (TPSA) is 107 Å². The maximum Gasteiger partial charge on any atom is 0.324 e. The van der Waals surface area contributed by atoms with Crippen molar-refractivity contribution in [1.82, 2.24) is 14.8 Å². The van der Waals surface area contributed by atoms with Gasteiger partial charge in [-0.2, -0.15) is 5.10 Å². The zero-order valence-electron chi connectivity index (χ0n) is 18.6. The van der Waals surface area contributed by atoms with Crippen LogP contribution in [0.15, 0.2) is 97.9 Å². The lowest BCUT2D eigenvalue weighted by Gasteiger charge is -2.14. The number of aromatic nitrogens is 3. The lowest BCUT2D eigenvalue weighted by molar-refractivity contribution is 0.262. The Hall–Kier alpha value is -4.85. The zero-order chi connectivity index (χ0) is 23.9. The molecule has 0 aliphatic heterocycles. The average molecular weight is 453 g/mol. The smallest absolute Gasteiger partial charge is 0.324 e. The van der Waals surface area contributed by atoms with E-state index in [4.69, 9.17) is 10.5 Å². The van der Waals surface area contributed by atoms with Gasteiger partial charge in [-0.25, -0.2) is 14.5 Å². The molecule has 2 aromatic heterocycles. The van der Waals surface area contributed by atoms with Gasteiger partial charge in [0.1, 0.15) is 23.1 Å². The summed E-state index contributed by atoms with van der Waals surface area (Å²) < 4.78 is 7.62. The van der Waals surface area contributed by atoms with Gasteiger partial charge in [0, 0.05) is 29.1 Å². The third-order valence-electron chi connectivity index (χ3n) is 4.91. The van der Waals surface area contributed by atoms with E-state index in [-0.39, 0.29) is 0 Å². The molecule has 4 N–H and O–H groups in total. The van der Waals surface area contributed by atoms with Crippen LogP contribution in [0.3, 0.4) is 0 Å². The van der Waals surface area contributed by atoms with Crippen molar-refractivity contribution in [3.8, 4) is 11.5 Å². The van der Waals surface area contributed by atoms with Crippen molar-refractivity contribution in [2.24, 2.45) is 0 Å². The Labute approximate surface area is 197 Å². The van der Waals surface area contributed by atoms with E-state index in [1.54, 1.807) is 53.5 Å². The minimum atomic E-state index is -0.406. The summed E-state index contributed by atoms with van der Waals surface area (Å²) in [4.78, 5) is 16.8. The van der Waals surface area contributed by atoms with Gasteiger partial charge in [0.15, 0.2) is 0 Å². The van der Waals surface area contributed by atoms with E-state index in [0.29, 0.717) is 28.8 Å². The summed E-state index contributed by atoms with van der Waals surface area (Å²) in [6, 6.07) is 15.9. The molecule has 0 fully saturated rings. The van der Waals surface area contributed by atoms with Crippen LogP contribution < -0.4 is 21.1 Å². The predicted molar refractivity (Wildman–Crippen MR) is 137 cm³/mol. The number of nitrogens with one attached hydrogen (secondary N) is 2. The summed E-state index contributed by atoms with van der Waals surface area (Å²) in [5.74, 6) is 2.09. The number of allylic oxidation sites excluding steroid dienone is 5. The molecule has 8 nitrogen and oxygen atoms in total. The van der Waals surface area contributed by atoms with Crippen molar-refractivity contribution >= 4 is 39.8 Å². The van der Waals surface area contributed by atoms with Gasteiger partial charge in [0.05, 0.1) is 17.6 Å². The van der Waals surface area contributed by atoms with E-state index in [0.717, 1.165) is 16.5 Å². The van der Waals surface area contributed by atoms with Crippen molar-refractivity contribution < 1.29 is 9.53 Å². The fourth-order valence-corrected chi connectivity index (χ4v) is 3.38. The number of ether oxygens (including phenoxy) is 1.